The van der Waals surface area contributed by atoms with Crippen LogP contribution >= 0.6 is 0 Å². The van der Waals surface area contributed by atoms with Crippen molar-refractivity contribution in [1.29, 1.82) is 0 Å². The Bertz CT molecular complexity index is 731. The van der Waals surface area contributed by atoms with Crippen LogP contribution in [0.25, 0.3) is 0 Å². The normalized spacial score (nSPS) is 17.7. The Kier molecular flexibility index (Phi) is 8.68. The van der Waals surface area contributed by atoms with Crippen LogP contribution in [0.1, 0.15) is 64.2 Å². The molecule has 0 aliphatic carbocycles. The van der Waals surface area contributed by atoms with Gasteiger partial charge in [-0.15, -0.1) is 0 Å². The number of hydrogen-bond donors (Lipinski definition) is 2. The summed E-state index contributed by atoms with van der Waals surface area (Å²) in [6.07, 6.45) is 10.5. The molecule has 7 heteroatoms. The molecular formula is C23H34N4O3. The van der Waals surface area contributed by atoms with Crippen molar-refractivity contribution < 1.29 is 14.4 Å². The molecule has 0 atom stereocenters. The fraction of sp³-hybridized carbons (Fsp3) is 0.609. The molecule has 1 aromatic rings. The largest absolute Gasteiger partial charge is 0.328 e. The average molecular weight is 415 g/mol. The highest BCUT2D eigenvalue weighted by atomic mass is 16.2. The lowest BCUT2D eigenvalue weighted by atomic mass is 10.1. The summed E-state index contributed by atoms with van der Waals surface area (Å²) in [5, 5.41) is 5.23. The fourth-order valence-electron chi connectivity index (χ4n) is 4.12. The Morgan fingerprint density at radius 1 is 0.967 bits per heavy atom. The molecule has 2 heterocycles. The maximum Gasteiger partial charge on any atom is 0.328 e. The molecule has 3 rings (SSSR count). The third-order valence-electron chi connectivity index (χ3n) is 5.82. The summed E-state index contributed by atoms with van der Waals surface area (Å²) in [5.41, 5.74) is 1.34. The summed E-state index contributed by atoms with van der Waals surface area (Å²) >= 11 is 0. The number of unbranched alkanes of at least 4 members (excludes halogenated alkanes) is 4. The lowest BCUT2D eigenvalue weighted by Crippen LogP contribution is -2.49. The number of carbonyl (C=O) groups is 3. The molecule has 0 radical (unpaired) electrons. The van der Waals surface area contributed by atoms with Gasteiger partial charge in [-0.1, -0.05) is 31.7 Å². The number of piperidine rings is 1. The van der Waals surface area contributed by atoms with E-state index < -0.39 is 6.03 Å². The first kappa shape index (κ1) is 22.3. The van der Waals surface area contributed by atoms with E-state index in [9.17, 15) is 14.4 Å². The molecule has 2 aliphatic rings. The minimum atomic E-state index is -0.421. The molecule has 0 bridgehead atoms. The molecule has 0 saturated carbocycles. The zero-order valence-corrected chi connectivity index (χ0v) is 17.8. The van der Waals surface area contributed by atoms with Gasteiger partial charge in [0.05, 0.1) is 0 Å². The molecule has 2 saturated heterocycles. The van der Waals surface area contributed by atoms with Crippen LogP contribution in [-0.4, -0.2) is 48.9 Å². The Balaban J connectivity index is 1.31. The van der Waals surface area contributed by atoms with Crippen molar-refractivity contribution >= 4 is 29.2 Å². The number of carbonyl (C=O) groups excluding carboxylic acids is 3. The lowest BCUT2D eigenvalue weighted by molar-refractivity contribution is -0.120. The van der Waals surface area contributed by atoms with Gasteiger partial charge in [-0.2, -0.15) is 0 Å². The number of benzene rings is 1. The lowest BCUT2D eigenvalue weighted by Gasteiger charge is -2.26. The predicted molar refractivity (Wildman–Crippen MR) is 119 cm³/mol. The van der Waals surface area contributed by atoms with E-state index >= 15 is 0 Å². The van der Waals surface area contributed by atoms with Gasteiger partial charge in [0, 0.05) is 30.8 Å². The number of hydrogen-bond acceptors (Lipinski definition) is 4. The van der Waals surface area contributed by atoms with Gasteiger partial charge in [0.1, 0.15) is 0 Å². The van der Waals surface area contributed by atoms with Crippen molar-refractivity contribution in [2.75, 3.05) is 36.4 Å². The summed E-state index contributed by atoms with van der Waals surface area (Å²) in [5.74, 6) is -0.258. The van der Waals surface area contributed by atoms with Crippen LogP contribution in [0, 0.1) is 0 Å². The summed E-state index contributed by atoms with van der Waals surface area (Å²) in [4.78, 5) is 39.6. The summed E-state index contributed by atoms with van der Waals surface area (Å²) in [7, 11) is 0. The summed E-state index contributed by atoms with van der Waals surface area (Å²) in [6, 6.07) is 6.77. The second-order valence-electron chi connectivity index (χ2n) is 8.27. The van der Waals surface area contributed by atoms with E-state index in [0.29, 0.717) is 24.3 Å². The minimum absolute atomic E-state index is 0.00117. The van der Waals surface area contributed by atoms with E-state index in [0.717, 1.165) is 12.8 Å². The zero-order chi connectivity index (χ0) is 21.2. The van der Waals surface area contributed by atoms with E-state index in [1.54, 1.807) is 18.2 Å². The third kappa shape index (κ3) is 7.13. The van der Waals surface area contributed by atoms with Crippen molar-refractivity contribution in [2.45, 2.75) is 64.2 Å². The number of likely N-dealkylation sites (tertiary alicyclic amines) is 1. The third-order valence-corrected chi connectivity index (χ3v) is 5.82. The monoisotopic (exact) mass is 414 g/mol. The highest BCUT2D eigenvalue weighted by Crippen LogP contribution is 2.21. The maximum atomic E-state index is 12.2. The molecule has 30 heavy (non-hydrogen) atoms. The average Bonchev–Trinajstić information content (AvgIpc) is 2.74. The number of urea groups is 1. The van der Waals surface area contributed by atoms with Crippen LogP contribution < -0.4 is 15.5 Å². The first-order valence-corrected chi connectivity index (χ1v) is 11.4. The molecule has 0 aromatic heterocycles. The number of anilines is 2. The Morgan fingerprint density at radius 2 is 1.73 bits per heavy atom. The predicted octanol–water partition coefficient (Wildman–Crippen LogP) is 3.90. The second kappa shape index (κ2) is 11.7. The smallest absolute Gasteiger partial charge is 0.326 e. The SMILES string of the molecule is O=C1CCN(c2cccc(NC(=O)CCCCCCCN3CCCCC3)c2)C(=O)N1. The van der Waals surface area contributed by atoms with Gasteiger partial charge in [0.2, 0.25) is 11.8 Å². The summed E-state index contributed by atoms with van der Waals surface area (Å²) < 4.78 is 0. The van der Waals surface area contributed by atoms with E-state index in [-0.39, 0.29) is 18.2 Å². The van der Waals surface area contributed by atoms with Crippen LogP contribution in [-0.2, 0) is 9.59 Å². The number of nitrogens with zero attached hydrogens (tertiary/aromatic N) is 2. The molecule has 1 aromatic carbocycles. The molecule has 0 spiro atoms. The highest BCUT2D eigenvalue weighted by molar-refractivity contribution is 6.05. The fourth-order valence-corrected chi connectivity index (χ4v) is 4.12. The van der Waals surface area contributed by atoms with Crippen molar-refractivity contribution in [3.8, 4) is 0 Å². The standard InChI is InChI=1S/C23H34N4O3/c28-21(12-5-2-1-3-6-14-26-15-7-4-8-16-26)24-19-10-9-11-20(18-19)27-17-13-22(29)25-23(27)30/h9-11,18H,1-8,12-17H2,(H,24,28)(H,25,29,30). The first-order valence-electron chi connectivity index (χ1n) is 11.4. The quantitative estimate of drug-likeness (QED) is 0.569. The van der Waals surface area contributed by atoms with Gasteiger partial charge in [-0.05, 0) is 63.5 Å². The van der Waals surface area contributed by atoms with Crippen LogP contribution in [0.3, 0.4) is 0 Å². The number of rotatable bonds is 10. The molecular weight excluding hydrogens is 380 g/mol. The van der Waals surface area contributed by atoms with E-state index in [4.69, 9.17) is 0 Å². The first-order chi connectivity index (χ1) is 14.6. The van der Waals surface area contributed by atoms with Gasteiger partial charge in [0.25, 0.3) is 0 Å². The molecule has 2 fully saturated rings. The second-order valence-corrected chi connectivity index (χ2v) is 8.27. The zero-order valence-electron chi connectivity index (χ0n) is 17.8. The molecule has 164 valence electrons. The van der Waals surface area contributed by atoms with Crippen LogP contribution in [0.2, 0.25) is 0 Å². The van der Waals surface area contributed by atoms with E-state index in [1.807, 2.05) is 6.07 Å². The summed E-state index contributed by atoms with van der Waals surface area (Å²) in [6.45, 7) is 4.10. The molecule has 4 amide bonds. The Labute approximate surface area is 179 Å². The van der Waals surface area contributed by atoms with Gasteiger partial charge in [-0.3, -0.25) is 19.8 Å². The Hall–Kier alpha value is -2.41. The molecule has 2 N–H and O–H groups in total. The maximum absolute atomic E-state index is 12.2. The van der Waals surface area contributed by atoms with Crippen LogP contribution in [0.15, 0.2) is 24.3 Å². The van der Waals surface area contributed by atoms with Gasteiger partial charge < -0.3 is 10.2 Å². The number of amides is 4. The van der Waals surface area contributed by atoms with Crippen LogP contribution in [0.5, 0.6) is 0 Å². The van der Waals surface area contributed by atoms with Crippen molar-refractivity contribution in [1.82, 2.24) is 10.2 Å². The van der Waals surface area contributed by atoms with E-state index in [2.05, 4.69) is 15.5 Å². The van der Waals surface area contributed by atoms with Gasteiger partial charge >= 0.3 is 6.03 Å². The highest BCUT2D eigenvalue weighted by Gasteiger charge is 2.24. The topological polar surface area (TPSA) is 81.8 Å². The molecule has 2 aliphatic heterocycles. The van der Waals surface area contributed by atoms with Gasteiger partial charge in [-0.25, -0.2) is 4.79 Å². The number of imide groups is 1. The minimum Gasteiger partial charge on any atom is -0.326 e. The van der Waals surface area contributed by atoms with Crippen molar-refractivity contribution in [3.63, 3.8) is 0 Å². The van der Waals surface area contributed by atoms with Crippen molar-refractivity contribution in [3.05, 3.63) is 24.3 Å². The van der Waals surface area contributed by atoms with Crippen molar-refractivity contribution in [2.24, 2.45) is 0 Å². The van der Waals surface area contributed by atoms with Crippen LogP contribution in [0.4, 0.5) is 16.2 Å². The van der Waals surface area contributed by atoms with E-state index in [1.165, 1.54) is 63.1 Å². The number of nitrogens with one attached hydrogen (secondary N) is 2. The molecule has 0 unspecified atom stereocenters. The van der Waals surface area contributed by atoms with Gasteiger partial charge in [0.15, 0.2) is 0 Å². The molecule has 7 nitrogen and oxygen atoms in total. The Morgan fingerprint density at radius 3 is 2.53 bits per heavy atom.